The van der Waals surface area contributed by atoms with E-state index in [0.29, 0.717) is 22.4 Å². The van der Waals surface area contributed by atoms with Gasteiger partial charge in [-0.1, -0.05) is 29.6 Å². The van der Waals surface area contributed by atoms with Gasteiger partial charge < -0.3 is 15.2 Å². The summed E-state index contributed by atoms with van der Waals surface area (Å²) in [7, 11) is 0. The molecule has 2 heterocycles. The van der Waals surface area contributed by atoms with Gasteiger partial charge in [-0.3, -0.25) is 9.59 Å². The third kappa shape index (κ3) is 3.68. The molecule has 142 valence electrons. The smallest absolute Gasteiger partial charge is 0.238 e. The van der Waals surface area contributed by atoms with Gasteiger partial charge >= 0.3 is 0 Å². The van der Waals surface area contributed by atoms with Crippen molar-refractivity contribution in [2.24, 2.45) is 0 Å². The maximum Gasteiger partial charge on any atom is 0.238 e. The second kappa shape index (κ2) is 7.16. The normalized spacial score (nSPS) is 20.8. The van der Waals surface area contributed by atoms with Crippen molar-refractivity contribution in [1.82, 2.24) is 15.5 Å². The van der Waals surface area contributed by atoms with Crippen molar-refractivity contribution in [2.45, 2.75) is 54.7 Å². The van der Waals surface area contributed by atoms with Crippen molar-refractivity contribution >= 4 is 40.9 Å². The molecule has 1 aromatic carbocycles. The van der Waals surface area contributed by atoms with Crippen LogP contribution in [-0.4, -0.2) is 27.2 Å². The van der Waals surface area contributed by atoms with Gasteiger partial charge in [0.1, 0.15) is 5.54 Å². The van der Waals surface area contributed by atoms with Crippen molar-refractivity contribution in [1.29, 1.82) is 0 Å². The van der Waals surface area contributed by atoms with Gasteiger partial charge in [0.15, 0.2) is 5.82 Å². The average Bonchev–Trinajstić information content (AvgIpc) is 3.26. The van der Waals surface area contributed by atoms with Crippen LogP contribution >= 0.6 is 23.4 Å². The van der Waals surface area contributed by atoms with E-state index in [-0.39, 0.29) is 18.2 Å². The highest BCUT2D eigenvalue weighted by Gasteiger charge is 2.42. The van der Waals surface area contributed by atoms with E-state index in [2.05, 4.69) is 20.8 Å². The van der Waals surface area contributed by atoms with Crippen molar-refractivity contribution in [3.05, 3.63) is 34.9 Å². The Morgan fingerprint density at radius 1 is 1.44 bits per heavy atom. The summed E-state index contributed by atoms with van der Waals surface area (Å²) in [6.07, 6.45) is 3.59. The Morgan fingerprint density at radius 3 is 2.93 bits per heavy atom. The first kappa shape index (κ1) is 18.3. The van der Waals surface area contributed by atoms with E-state index in [9.17, 15) is 9.59 Å². The van der Waals surface area contributed by atoms with Crippen LogP contribution in [0.4, 0.5) is 5.69 Å². The minimum atomic E-state index is -0.601. The molecule has 2 aromatic rings. The number of anilines is 1. The van der Waals surface area contributed by atoms with Gasteiger partial charge in [-0.15, -0.1) is 11.8 Å². The summed E-state index contributed by atoms with van der Waals surface area (Å²) in [6.45, 7) is 1.73. The molecule has 0 saturated heterocycles. The number of aromatic nitrogens is 2. The molecule has 1 saturated carbocycles. The van der Waals surface area contributed by atoms with Crippen LogP contribution in [0.1, 0.15) is 43.8 Å². The van der Waals surface area contributed by atoms with Crippen molar-refractivity contribution < 1.29 is 14.1 Å². The Morgan fingerprint density at radius 2 is 2.22 bits per heavy atom. The first-order valence-corrected chi connectivity index (χ1v) is 10.1. The zero-order valence-corrected chi connectivity index (χ0v) is 16.3. The molecule has 1 atom stereocenters. The lowest BCUT2D eigenvalue weighted by molar-refractivity contribution is -0.125. The molecule has 9 heteroatoms. The number of hydrogen-bond acceptors (Lipinski definition) is 6. The predicted octanol–water partition coefficient (Wildman–Crippen LogP) is 3.42. The highest BCUT2D eigenvalue weighted by atomic mass is 35.5. The lowest BCUT2D eigenvalue weighted by atomic mass is 9.96. The Balaban J connectivity index is 1.47. The minimum Gasteiger partial charge on any atom is -0.343 e. The highest BCUT2D eigenvalue weighted by Crippen LogP contribution is 2.40. The van der Waals surface area contributed by atoms with Crippen LogP contribution < -0.4 is 10.6 Å². The summed E-state index contributed by atoms with van der Waals surface area (Å²) in [6, 6.07) is 5.34. The molecule has 1 aliphatic heterocycles. The summed E-state index contributed by atoms with van der Waals surface area (Å²) < 4.78 is 5.11. The molecule has 1 aliphatic carbocycles. The van der Waals surface area contributed by atoms with E-state index < -0.39 is 10.8 Å². The van der Waals surface area contributed by atoms with Gasteiger partial charge in [-0.25, -0.2) is 0 Å². The van der Waals surface area contributed by atoms with Gasteiger partial charge in [0.05, 0.1) is 10.9 Å². The second-order valence-electron chi connectivity index (χ2n) is 6.91. The quantitative estimate of drug-likeness (QED) is 0.807. The number of nitrogens with zero attached hydrogens (tertiary/aromatic N) is 2. The van der Waals surface area contributed by atoms with Crippen LogP contribution in [0, 0.1) is 6.92 Å². The van der Waals surface area contributed by atoms with E-state index in [4.69, 9.17) is 16.1 Å². The van der Waals surface area contributed by atoms with E-state index in [0.717, 1.165) is 30.6 Å². The summed E-state index contributed by atoms with van der Waals surface area (Å²) >= 11 is 7.35. The highest BCUT2D eigenvalue weighted by molar-refractivity contribution is 8.01. The number of halogens is 1. The Labute approximate surface area is 165 Å². The van der Waals surface area contributed by atoms with Crippen LogP contribution in [0.2, 0.25) is 5.02 Å². The zero-order chi connectivity index (χ0) is 19.0. The van der Waals surface area contributed by atoms with Gasteiger partial charge in [-0.2, -0.15) is 4.98 Å². The molecule has 27 heavy (non-hydrogen) atoms. The number of hydrogen-bond donors (Lipinski definition) is 2. The largest absolute Gasteiger partial charge is 0.343 e. The fraction of sp³-hybridized carbons (Fsp3) is 0.444. The number of carbonyl (C=O) groups excluding carboxylic acids is 2. The average molecular weight is 407 g/mol. The van der Waals surface area contributed by atoms with Gasteiger partial charge in [0.25, 0.3) is 0 Å². The van der Waals surface area contributed by atoms with E-state index in [1.54, 1.807) is 19.1 Å². The van der Waals surface area contributed by atoms with Crippen LogP contribution in [0.5, 0.6) is 0 Å². The molecule has 1 unspecified atom stereocenters. The Bertz CT molecular complexity index is 894. The lowest BCUT2D eigenvalue weighted by Crippen LogP contribution is -2.46. The first-order valence-electron chi connectivity index (χ1n) is 8.84. The number of rotatable bonds is 4. The van der Waals surface area contributed by atoms with Crippen LogP contribution in [0.25, 0.3) is 0 Å². The fourth-order valence-electron chi connectivity index (χ4n) is 3.62. The number of fused-ring (bicyclic) bond motifs is 1. The summed E-state index contributed by atoms with van der Waals surface area (Å²) in [5, 5.41) is 10.0. The topological polar surface area (TPSA) is 97.1 Å². The molecule has 2 amide bonds. The Hall–Kier alpha value is -2.06. The van der Waals surface area contributed by atoms with Gasteiger partial charge in [-0.05, 0) is 31.0 Å². The predicted molar refractivity (Wildman–Crippen MR) is 102 cm³/mol. The number of thioether (sulfide) groups is 1. The third-order valence-electron chi connectivity index (χ3n) is 4.92. The standard InChI is InChI=1S/C18H19ClN4O3S/c1-10-20-17(23-26-10)18(6-2-3-7-18)22-15(24)9-14-16(25)21-12-8-11(19)4-5-13(12)27-14/h4-5,8,14H,2-3,6-7,9H2,1H3,(H,21,25)(H,22,24). The number of nitrogens with one attached hydrogen (secondary N) is 2. The molecule has 2 N–H and O–H groups in total. The first-order chi connectivity index (χ1) is 12.9. The molecule has 7 nitrogen and oxygen atoms in total. The zero-order valence-electron chi connectivity index (χ0n) is 14.8. The molecule has 0 radical (unpaired) electrons. The van der Waals surface area contributed by atoms with E-state index in [1.165, 1.54) is 11.8 Å². The second-order valence-corrected chi connectivity index (χ2v) is 8.60. The number of benzene rings is 1. The molecule has 4 rings (SSSR count). The van der Waals surface area contributed by atoms with Crippen molar-refractivity contribution in [3.63, 3.8) is 0 Å². The molecular weight excluding hydrogens is 388 g/mol. The minimum absolute atomic E-state index is 0.0805. The molecular formula is C18H19ClN4O3S. The number of carbonyl (C=O) groups is 2. The van der Waals surface area contributed by atoms with E-state index >= 15 is 0 Å². The summed E-state index contributed by atoms with van der Waals surface area (Å²) in [4.78, 5) is 30.4. The van der Waals surface area contributed by atoms with Crippen molar-refractivity contribution in [3.8, 4) is 0 Å². The molecule has 0 bridgehead atoms. The molecule has 2 aliphatic rings. The molecule has 1 fully saturated rings. The number of aryl methyl sites for hydroxylation is 1. The maximum atomic E-state index is 12.8. The van der Waals surface area contributed by atoms with Gasteiger partial charge in [0.2, 0.25) is 17.7 Å². The van der Waals surface area contributed by atoms with Gasteiger partial charge in [0, 0.05) is 23.3 Å². The fourth-order valence-corrected chi connectivity index (χ4v) is 4.88. The Kier molecular flexibility index (Phi) is 4.86. The molecule has 1 aromatic heterocycles. The monoisotopic (exact) mass is 406 g/mol. The van der Waals surface area contributed by atoms with E-state index in [1.807, 2.05) is 6.07 Å². The van der Waals surface area contributed by atoms with Crippen molar-refractivity contribution in [2.75, 3.05) is 5.32 Å². The van der Waals surface area contributed by atoms with Crippen LogP contribution in [0.3, 0.4) is 0 Å². The third-order valence-corrected chi connectivity index (χ3v) is 6.43. The number of amides is 2. The maximum absolute atomic E-state index is 12.8. The van der Waals surface area contributed by atoms with Crippen LogP contribution in [-0.2, 0) is 15.1 Å². The SMILES string of the molecule is Cc1nc(C2(NC(=O)CC3Sc4ccc(Cl)cc4NC3=O)CCCC2)no1. The molecule has 0 spiro atoms. The lowest BCUT2D eigenvalue weighted by Gasteiger charge is -2.29. The van der Waals surface area contributed by atoms with Crippen LogP contribution in [0.15, 0.2) is 27.6 Å². The summed E-state index contributed by atoms with van der Waals surface area (Å²) in [5.41, 5.74) is 0.0829. The summed E-state index contributed by atoms with van der Waals surface area (Å²) in [5.74, 6) is 0.611.